The van der Waals surface area contributed by atoms with Crippen molar-refractivity contribution in [2.24, 2.45) is 5.92 Å². The summed E-state index contributed by atoms with van der Waals surface area (Å²) in [6.07, 6.45) is 1.40. The van der Waals surface area contributed by atoms with Crippen LogP contribution in [-0.4, -0.2) is 66.5 Å². The van der Waals surface area contributed by atoms with E-state index in [1.165, 1.54) is 30.6 Å². The predicted octanol–water partition coefficient (Wildman–Crippen LogP) is 2.11. The number of alkyl halides is 3. The molecule has 0 amide bonds. The van der Waals surface area contributed by atoms with Gasteiger partial charge in [0.15, 0.2) is 0 Å². The maximum Gasteiger partial charge on any atom is 0.401 e. The van der Waals surface area contributed by atoms with Crippen molar-refractivity contribution in [2.75, 3.05) is 39.3 Å². The lowest BCUT2D eigenvalue weighted by atomic mass is 10.00. The molecule has 0 radical (unpaired) electrons. The summed E-state index contributed by atoms with van der Waals surface area (Å²) in [7, 11) is 0. The molecule has 2 rings (SSSR count). The standard InChI is InChI=1S/C14H25F3N2O/c15-14(16,17)11-19-7-5-18(6-8-19)10-13(20)9-12-3-1-2-4-12/h12-13,20H,1-11H2. The van der Waals surface area contributed by atoms with Gasteiger partial charge in [-0.05, 0) is 12.3 Å². The zero-order chi connectivity index (χ0) is 14.6. The van der Waals surface area contributed by atoms with Crippen LogP contribution >= 0.6 is 0 Å². The Balaban J connectivity index is 1.63. The quantitative estimate of drug-likeness (QED) is 0.841. The molecule has 6 heteroatoms. The van der Waals surface area contributed by atoms with Crippen molar-refractivity contribution in [2.45, 2.75) is 44.4 Å². The second-order valence-electron chi connectivity index (χ2n) is 6.23. The molecule has 3 nitrogen and oxygen atoms in total. The highest BCUT2D eigenvalue weighted by atomic mass is 19.4. The van der Waals surface area contributed by atoms with E-state index < -0.39 is 12.7 Å². The van der Waals surface area contributed by atoms with Crippen molar-refractivity contribution >= 4 is 0 Å². The van der Waals surface area contributed by atoms with Gasteiger partial charge in [0, 0.05) is 32.7 Å². The van der Waals surface area contributed by atoms with Gasteiger partial charge in [-0.2, -0.15) is 13.2 Å². The number of halogens is 3. The molecule has 2 fully saturated rings. The Morgan fingerprint density at radius 3 is 2.10 bits per heavy atom. The fourth-order valence-corrected chi connectivity index (χ4v) is 3.39. The number of β-amino-alcohol motifs (C(OH)–C–C–N with tert-alkyl or cyclic N) is 1. The predicted molar refractivity (Wildman–Crippen MR) is 71.5 cm³/mol. The number of piperazine rings is 1. The van der Waals surface area contributed by atoms with E-state index in [1.54, 1.807) is 0 Å². The van der Waals surface area contributed by atoms with Crippen LogP contribution in [0.25, 0.3) is 0 Å². The fraction of sp³-hybridized carbons (Fsp3) is 1.00. The Morgan fingerprint density at radius 1 is 1.00 bits per heavy atom. The molecule has 1 aliphatic carbocycles. The molecule has 1 unspecified atom stereocenters. The van der Waals surface area contributed by atoms with Crippen molar-refractivity contribution in [3.8, 4) is 0 Å². The molecule has 0 aromatic rings. The zero-order valence-corrected chi connectivity index (χ0v) is 11.9. The van der Waals surface area contributed by atoms with E-state index in [-0.39, 0.29) is 6.10 Å². The molecular formula is C14H25F3N2O. The highest BCUT2D eigenvalue weighted by molar-refractivity contribution is 4.78. The average molecular weight is 294 g/mol. The highest BCUT2D eigenvalue weighted by Crippen LogP contribution is 2.28. The van der Waals surface area contributed by atoms with Gasteiger partial charge in [0.1, 0.15) is 0 Å². The van der Waals surface area contributed by atoms with Gasteiger partial charge >= 0.3 is 6.18 Å². The average Bonchev–Trinajstić information content (AvgIpc) is 2.82. The summed E-state index contributed by atoms with van der Waals surface area (Å²) < 4.78 is 36.8. The minimum atomic E-state index is -4.11. The molecule has 1 aliphatic heterocycles. The summed E-state index contributed by atoms with van der Waals surface area (Å²) in [4.78, 5) is 3.53. The minimum absolute atomic E-state index is 0.327. The molecule has 1 atom stereocenters. The number of aliphatic hydroxyl groups excluding tert-OH is 1. The number of hydrogen-bond donors (Lipinski definition) is 1. The Labute approximate surface area is 118 Å². The SMILES string of the molecule is OC(CC1CCCC1)CN1CCN(CC(F)(F)F)CC1. The molecule has 1 heterocycles. The summed E-state index contributed by atoms with van der Waals surface area (Å²) in [5.74, 6) is 0.650. The first-order chi connectivity index (χ1) is 9.42. The number of hydrogen-bond acceptors (Lipinski definition) is 3. The molecule has 0 spiro atoms. The lowest BCUT2D eigenvalue weighted by Gasteiger charge is -2.36. The molecule has 20 heavy (non-hydrogen) atoms. The monoisotopic (exact) mass is 294 g/mol. The molecule has 118 valence electrons. The summed E-state index contributed by atoms with van der Waals surface area (Å²) in [5, 5.41) is 10.1. The molecular weight excluding hydrogens is 269 g/mol. The van der Waals surface area contributed by atoms with Crippen LogP contribution in [0.5, 0.6) is 0 Å². The van der Waals surface area contributed by atoms with Gasteiger partial charge in [0.25, 0.3) is 0 Å². The smallest absolute Gasteiger partial charge is 0.392 e. The Morgan fingerprint density at radius 2 is 1.55 bits per heavy atom. The molecule has 0 bridgehead atoms. The summed E-state index contributed by atoms with van der Waals surface area (Å²) in [5.41, 5.74) is 0. The third-order valence-corrected chi connectivity index (χ3v) is 4.42. The van der Waals surface area contributed by atoms with Crippen LogP contribution < -0.4 is 0 Å². The van der Waals surface area contributed by atoms with Gasteiger partial charge < -0.3 is 5.11 Å². The first kappa shape index (κ1) is 16.0. The van der Waals surface area contributed by atoms with Gasteiger partial charge in [-0.1, -0.05) is 25.7 Å². The number of aliphatic hydroxyl groups is 1. The van der Waals surface area contributed by atoms with E-state index in [0.717, 1.165) is 6.42 Å². The Bertz CT molecular complexity index is 285. The molecule has 0 aromatic heterocycles. The number of nitrogens with zero attached hydrogens (tertiary/aromatic N) is 2. The molecule has 1 saturated heterocycles. The molecule has 2 aliphatic rings. The lowest BCUT2D eigenvalue weighted by Crippen LogP contribution is -2.50. The fourth-order valence-electron chi connectivity index (χ4n) is 3.39. The van der Waals surface area contributed by atoms with E-state index in [1.807, 2.05) is 0 Å². The molecule has 0 aromatic carbocycles. The normalized spacial score (nSPS) is 25.2. The summed E-state index contributed by atoms with van der Waals surface area (Å²) in [6.45, 7) is 1.92. The van der Waals surface area contributed by atoms with Crippen LogP contribution in [0, 0.1) is 5.92 Å². The lowest BCUT2D eigenvalue weighted by molar-refractivity contribution is -0.149. The van der Waals surface area contributed by atoms with E-state index in [2.05, 4.69) is 4.90 Å². The van der Waals surface area contributed by atoms with Crippen LogP contribution in [0.2, 0.25) is 0 Å². The van der Waals surface area contributed by atoms with Crippen molar-refractivity contribution in [1.82, 2.24) is 9.80 Å². The topological polar surface area (TPSA) is 26.7 Å². The van der Waals surface area contributed by atoms with Gasteiger partial charge in [-0.3, -0.25) is 9.80 Å². The summed E-state index contributed by atoms with van der Waals surface area (Å²) >= 11 is 0. The Kier molecular flexibility index (Phi) is 5.69. The Hall–Kier alpha value is -0.330. The van der Waals surface area contributed by atoms with E-state index in [4.69, 9.17) is 0 Å². The third kappa shape index (κ3) is 5.58. The van der Waals surface area contributed by atoms with Crippen LogP contribution in [0.1, 0.15) is 32.1 Å². The van der Waals surface area contributed by atoms with Gasteiger partial charge in [0.2, 0.25) is 0 Å². The first-order valence-corrected chi connectivity index (χ1v) is 7.62. The summed E-state index contributed by atoms with van der Waals surface area (Å²) in [6, 6.07) is 0. The highest BCUT2D eigenvalue weighted by Gasteiger charge is 2.32. The van der Waals surface area contributed by atoms with Gasteiger partial charge in [0.05, 0.1) is 12.6 Å². The largest absolute Gasteiger partial charge is 0.401 e. The van der Waals surface area contributed by atoms with E-state index in [0.29, 0.717) is 38.6 Å². The second kappa shape index (κ2) is 7.09. The second-order valence-corrected chi connectivity index (χ2v) is 6.23. The maximum atomic E-state index is 12.3. The molecule has 1 N–H and O–H groups in total. The minimum Gasteiger partial charge on any atom is -0.392 e. The van der Waals surface area contributed by atoms with Crippen molar-refractivity contribution in [3.05, 3.63) is 0 Å². The van der Waals surface area contributed by atoms with Crippen LogP contribution in [0.3, 0.4) is 0 Å². The van der Waals surface area contributed by atoms with Crippen molar-refractivity contribution in [3.63, 3.8) is 0 Å². The first-order valence-electron chi connectivity index (χ1n) is 7.62. The zero-order valence-electron chi connectivity index (χ0n) is 11.9. The van der Waals surface area contributed by atoms with E-state index in [9.17, 15) is 18.3 Å². The van der Waals surface area contributed by atoms with E-state index >= 15 is 0 Å². The van der Waals surface area contributed by atoms with Gasteiger partial charge in [-0.15, -0.1) is 0 Å². The van der Waals surface area contributed by atoms with Crippen LogP contribution in [-0.2, 0) is 0 Å². The molecule has 1 saturated carbocycles. The van der Waals surface area contributed by atoms with Gasteiger partial charge in [-0.25, -0.2) is 0 Å². The third-order valence-electron chi connectivity index (χ3n) is 4.42. The van der Waals surface area contributed by atoms with Crippen molar-refractivity contribution in [1.29, 1.82) is 0 Å². The van der Waals surface area contributed by atoms with Crippen molar-refractivity contribution < 1.29 is 18.3 Å². The maximum absolute atomic E-state index is 12.3. The van der Waals surface area contributed by atoms with Crippen LogP contribution in [0.4, 0.5) is 13.2 Å². The number of rotatable bonds is 5. The van der Waals surface area contributed by atoms with Crippen LogP contribution in [0.15, 0.2) is 0 Å².